The lowest BCUT2D eigenvalue weighted by Crippen LogP contribution is -3.15. The number of piperazine rings is 1. The van der Waals surface area contributed by atoms with Crippen molar-refractivity contribution in [3.63, 3.8) is 0 Å². The molecule has 6 nitrogen and oxygen atoms in total. The van der Waals surface area contributed by atoms with Gasteiger partial charge in [-0.25, -0.2) is 12.7 Å². The first-order valence-electron chi connectivity index (χ1n) is 9.78. The molecule has 146 valence electrons. The van der Waals surface area contributed by atoms with Gasteiger partial charge in [0, 0.05) is 18.8 Å². The molecule has 3 rings (SSSR count). The molecule has 1 N–H and O–H groups in total. The molecule has 0 aliphatic carbocycles. The Labute approximate surface area is 158 Å². The highest BCUT2D eigenvalue weighted by atomic mass is 32.2. The summed E-state index contributed by atoms with van der Waals surface area (Å²) in [5.41, 5.74) is 2.57. The van der Waals surface area contributed by atoms with Crippen LogP contribution in [0.1, 0.15) is 25.3 Å². The van der Waals surface area contributed by atoms with Crippen LogP contribution in [-0.2, 0) is 10.2 Å². The summed E-state index contributed by atoms with van der Waals surface area (Å²) in [4.78, 5) is 3.86. The number of hydrogen-bond donors (Lipinski definition) is 1. The van der Waals surface area contributed by atoms with Crippen molar-refractivity contribution in [1.29, 1.82) is 0 Å². The molecule has 0 unspecified atom stereocenters. The van der Waals surface area contributed by atoms with Gasteiger partial charge in [-0.1, -0.05) is 25.6 Å². The Morgan fingerprint density at radius 3 is 2.50 bits per heavy atom. The third-order valence-electron chi connectivity index (χ3n) is 5.63. The Hall–Kier alpha value is -1.15. The maximum Gasteiger partial charge on any atom is 0.137 e. The second-order valence-electron chi connectivity index (χ2n) is 7.74. The molecule has 0 atom stereocenters. The van der Waals surface area contributed by atoms with Gasteiger partial charge in [-0.15, -0.1) is 0 Å². The van der Waals surface area contributed by atoms with E-state index in [1.807, 2.05) is 0 Å². The summed E-state index contributed by atoms with van der Waals surface area (Å²) in [6.07, 6.45) is 1.89. The number of quaternary nitrogens is 1. The van der Waals surface area contributed by atoms with Crippen LogP contribution >= 0.6 is 0 Å². The number of nitrogens with zero attached hydrogens (tertiary/aromatic N) is 3. The summed E-state index contributed by atoms with van der Waals surface area (Å²) in [5.74, 6) is 0.621. The van der Waals surface area contributed by atoms with Gasteiger partial charge < -0.3 is 14.5 Å². The number of anilines is 1. The van der Waals surface area contributed by atoms with Crippen LogP contribution in [0.3, 0.4) is 0 Å². The van der Waals surface area contributed by atoms with Crippen LogP contribution in [-0.4, -0.2) is 65.1 Å². The highest BCUT2D eigenvalue weighted by Gasteiger charge is 2.22. The number of aryl methyl sites for hydroxylation is 1. The third kappa shape index (κ3) is 5.19. The van der Waals surface area contributed by atoms with E-state index in [0.717, 1.165) is 45.6 Å². The fraction of sp³-hybridized carbons (Fsp3) is 0.684. The average molecular weight is 381 g/mol. The predicted octanol–water partition coefficient (Wildman–Crippen LogP) is 1.05. The molecule has 1 aromatic rings. The molecule has 2 aliphatic heterocycles. The molecule has 0 amide bonds. The van der Waals surface area contributed by atoms with Gasteiger partial charge in [0.15, 0.2) is 0 Å². The van der Waals surface area contributed by atoms with Crippen LogP contribution in [0.2, 0.25) is 0 Å². The fourth-order valence-corrected chi connectivity index (χ4v) is 4.93. The molecule has 0 spiro atoms. The van der Waals surface area contributed by atoms with E-state index < -0.39 is 10.2 Å². The molecular weight excluding hydrogens is 348 g/mol. The van der Waals surface area contributed by atoms with E-state index in [9.17, 15) is 8.42 Å². The number of rotatable bonds is 6. The summed E-state index contributed by atoms with van der Waals surface area (Å²) in [6.45, 7) is 10.8. The zero-order valence-corrected chi connectivity index (χ0v) is 16.8. The van der Waals surface area contributed by atoms with E-state index in [0.29, 0.717) is 25.6 Å². The first-order chi connectivity index (χ1) is 12.4. The molecule has 2 saturated heterocycles. The lowest BCUT2D eigenvalue weighted by atomic mass is 10.0. The Balaban J connectivity index is 1.40. The molecule has 2 fully saturated rings. The van der Waals surface area contributed by atoms with Gasteiger partial charge in [0.2, 0.25) is 0 Å². The molecule has 7 heteroatoms. The van der Waals surface area contributed by atoms with Crippen molar-refractivity contribution in [2.75, 3.05) is 57.3 Å². The topological polar surface area (TPSA) is 59.2 Å². The molecule has 2 aliphatic rings. The summed E-state index contributed by atoms with van der Waals surface area (Å²) in [5, 5.41) is 0. The van der Waals surface area contributed by atoms with Crippen molar-refractivity contribution in [2.24, 2.45) is 5.92 Å². The van der Waals surface area contributed by atoms with Crippen LogP contribution in [0, 0.1) is 12.8 Å². The number of nitrogens with one attached hydrogen (secondary N) is 1. The van der Waals surface area contributed by atoms with E-state index in [1.54, 1.807) is 4.31 Å². The SMILES string of the molecule is Cc1cccc(N2CC[NH+](CC[N-]S(=O)(=O)N3CCC(C)CC3)CC2)c1. The minimum atomic E-state index is -3.43. The summed E-state index contributed by atoms with van der Waals surface area (Å²) in [6, 6.07) is 8.62. The predicted molar refractivity (Wildman–Crippen MR) is 106 cm³/mol. The highest BCUT2D eigenvalue weighted by molar-refractivity contribution is 7.91. The van der Waals surface area contributed by atoms with Gasteiger partial charge in [0.05, 0.1) is 32.7 Å². The first-order valence-corrected chi connectivity index (χ1v) is 11.2. The van der Waals surface area contributed by atoms with Crippen LogP contribution in [0.25, 0.3) is 4.72 Å². The second kappa shape index (κ2) is 8.69. The van der Waals surface area contributed by atoms with Crippen molar-refractivity contribution in [3.8, 4) is 0 Å². The van der Waals surface area contributed by atoms with E-state index in [1.165, 1.54) is 16.2 Å². The second-order valence-corrected chi connectivity index (χ2v) is 9.41. The van der Waals surface area contributed by atoms with Gasteiger partial charge in [0.25, 0.3) is 0 Å². The van der Waals surface area contributed by atoms with E-state index in [-0.39, 0.29) is 0 Å². The Bertz CT molecular complexity index is 679. The number of piperidine rings is 1. The van der Waals surface area contributed by atoms with Gasteiger partial charge in [-0.3, -0.25) is 0 Å². The minimum Gasteiger partial charge on any atom is -0.531 e. The summed E-state index contributed by atoms with van der Waals surface area (Å²) >= 11 is 0. The first kappa shape index (κ1) is 19.6. The molecule has 0 saturated carbocycles. The van der Waals surface area contributed by atoms with Crippen LogP contribution in [0.15, 0.2) is 24.3 Å². The van der Waals surface area contributed by atoms with Gasteiger partial charge in [0.1, 0.15) is 10.2 Å². The molecule has 2 heterocycles. The summed E-state index contributed by atoms with van der Waals surface area (Å²) < 4.78 is 30.3. The molecule has 0 aromatic heterocycles. The maximum absolute atomic E-state index is 12.3. The fourth-order valence-electron chi connectivity index (χ4n) is 3.77. The monoisotopic (exact) mass is 380 g/mol. The number of hydrogen-bond acceptors (Lipinski definition) is 3. The van der Waals surface area contributed by atoms with E-state index in [4.69, 9.17) is 0 Å². The normalized spacial score (nSPS) is 21.2. The Morgan fingerprint density at radius 2 is 1.85 bits per heavy atom. The lowest BCUT2D eigenvalue weighted by molar-refractivity contribution is -0.898. The standard InChI is InChI=1S/C19H31N4O2S/c1-17-6-9-23(10-7-17)26(24,25)20-8-11-21-12-14-22(15-13-21)19-5-3-4-18(2)16-19/h3-5,16-17H,6-15H2,1-2H3/q-1/p+1. The maximum atomic E-state index is 12.3. The van der Waals surface area contributed by atoms with Gasteiger partial charge in [-0.2, -0.15) is 0 Å². The Morgan fingerprint density at radius 1 is 1.15 bits per heavy atom. The quantitative estimate of drug-likeness (QED) is 0.803. The highest BCUT2D eigenvalue weighted by Crippen LogP contribution is 2.21. The zero-order valence-electron chi connectivity index (χ0n) is 16.0. The summed E-state index contributed by atoms with van der Waals surface area (Å²) in [7, 11) is -3.43. The Kier molecular flexibility index (Phi) is 6.55. The van der Waals surface area contributed by atoms with Crippen molar-refractivity contribution >= 4 is 15.9 Å². The van der Waals surface area contributed by atoms with Crippen LogP contribution in [0.5, 0.6) is 0 Å². The van der Waals surface area contributed by atoms with E-state index >= 15 is 0 Å². The van der Waals surface area contributed by atoms with Crippen LogP contribution in [0.4, 0.5) is 5.69 Å². The van der Waals surface area contributed by atoms with Gasteiger partial charge in [-0.05, 0) is 43.4 Å². The van der Waals surface area contributed by atoms with Gasteiger partial charge >= 0.3 is 0 Å². The molecule has 0 bridgehead atoms. The van der Waals surface area contributed by atoms with Crippen molar-refractivity contribution < 1.29 is 13.3 Å². The number of benzene rings is 1. The van der Waals surface area contributed by atoms with Crippen molar-refractivity contribution in [3.05, 3.63) is 34.6 Å². The molecular formula is C19H32N4O2S. The molecule has 0 radical (unpaired) electrons. The smallest absolute Gasteiger partial charge is 0.137 e. The molecule has 26 heavy (non-hydrogen) atoms. The van der Waals surface area contributed by atoms with Crippen molar-refractivity contribution in [1.82, 2.24) is 4.31 Å². The lowest BCUT2D eigenvalue weighted by Gasteiger charge is -2.37. The largest absolute Gasteiger partial charge is 0.531 e. The van der Waals surface area contributed by atoms with E-state index in [2.05, 4.69) is 47.7 Å². The van der Waals surface area contributed by atoms with Crippen LogP contribution < -0.4 is 9.80 Å². The average Bonchev–Trinajstić information content (AvgIpc) is 2.62. The zero-order chi connectivity index (χ0) is 18.6. The third-order valence-corrected chi connectivity index (χ3v) is 7.15. The van der Waals surface area contributed by atoms with Crippen molar-refractivity contribution in [2.45, 2.75) is 26.7 Å². The minimum absolute atomic E-state index is 0.397. The molecule has 1 aromatic carbocycles.